The molecule has 0 bridgehead atoms. The van der Waals surface area contributed by atoms with E-state index in [0.29, 0.717) is 0 Å². The Morgan fingerprint density at radius 2 is 1.75 bits per heavy atom. The zero-order valence-electron chi connectivity index (χ0n) is 9.44. The number of nitrogens with one attached hydrogen (secondary N) is 1. The van der Waals surface area contributed by atoms with Gasteiger partial charge in [-0.1, -0.05) is 0 Å². The molecule has 10 heteroatoms. The lowest BCUT2D eigenvalue weighted by Crippen LogP contribution is -2.17. The van der Waals surface area contributed by atoms with Gasteiger partial charge in [0.05, 0.1) is 0 Å². The van der Waals surface area contributed by atoms with Crippen LogP contribution in [0.5, 0.6) is 0 Å². The van der Waals surface area contributed by atoms with Gasteiger partial charge in [-0.3, -0.25) is 4.72 Å². The molecule has 0 aliphatic carbocycles. The quantitative estimate of drug-likeness (QED) is 0.880. The summed E-state index contributed by atoms with van der Waals surface area (Å²) in [5.74, 6) is -4.64. The summed E-state index contributed by atoms with van der Waals surface area (Å²) in [5, 5.41) is -0.259. The molecule has 2 rings (SSSR count). The molecule has 0 radical (unpaired) electrons. The summed E-state index contributed by atoms with van der Waals surface area (Å²) in [6.07, 6.45) is 1.14. The Labute approximate surface area is 116 Å². The Kier molecular flexibility index (Phi) is 3.82. The average Bonchev–Trinajstić information content (AvgIpc) is 2.25. The van der Waals surface area contributed by atoms with Crippen molar-refractivity contribution in [3.05, 3.63) is 47.1 Å². The van der Waals surface area contributed by atoms with E-state index in [1.807, 2.05) is 4.72 Å². The van der Waals surface area contributed by atoms with Crippen LogP contribution in [0.15, 0.2) is 29.3 Å². The van der Waals surface area contributed by atoms with Crippen molar-refractivity contribution < 1.29 is 21.6 Å². The normalized spacial score (nSPS) is 11.4. The molecule has 0 spiro atoms. The predicted molar refractivity (Wildman–Crippen MR) is 64.2 cm³/mol. The summed E-state index contributed by atoms with van der Waals surface area (Å²) in [6, 6.07) is 1.64. The second-order valence-electron chi connectivity index (χ2n) is 3.51. The highest BCUT2D eigenvalue weighted by Gasteiger charge is 2.25. The summed E-state index contributed by atoms with van der Waals surface area (Å²) >= 11 is 5.45. The van der Waals surface area contributed by atoms with E-state index in [0.717, 1.165) is 12.3 Å². The maximum Gasteiger partial charge on any atom is 0.268 e. The zero-order valence-corrected chi connectivity index (χ0v) is 11.0. The lowest BCUT2D eigenvalue weighted by Gasteiger charge is -2.09. The summed E-state index contributed by atoms with van der Waals surface area (Å²) in [7, 11) is -4.62. The fourth-order valence-electron chi connectivity index (χ4n) is 1.37. The lowest BCUT2D eigenvalue weighted by atomic mass is 10.3. The van der Waals surface area contributed by atoms with Gasteiger partial charge in [0.1, 0.15) is 23.3 Å². The molecule has 0 amide bonds. The molecule has 5 nitrogen and oxygen atoms in total. The number of benzene rings is 1. The van der Waals surface area contributed by atoms with Crippen molar-refractivity contribution in [1.82, 2.24) is 9.97 Å². The van der Waals surface area contributed by atoms with Gasteiger partial charge in [-0.05, 0) is 17.7 Å². The molecule has 0 aliphatic heterocycles. The molecule has 0 saturated carbocycles. The van der Waals surface area contributed by atoms with Crippen molar-refractivity contribution in [3.8, 4) is 0 Å². The van der Waals surface area contributed by atoms with Crippen molar-refractivity contribution in [3.63, 3.8) is 0 Å². The first-order valence-electron chi connectivity index (χ1n) is 4.95. The van der Waals surface area contributed by atoms with E-state index in [9.17, 15) is 21.6 Å². The highest BCUT2D eigenvalue weighted by Crippen LogP contribution is 2.22. The lowest BCUT2D eigenvalue weighted by molar-refractivity contribution is 0.498. The highest BCUT2D eigenvalue weighted by atomic mass is 35.5. The Balaban J connectivity index is 2.46. The molecule has 0 aliphatic rings. The van der Waals surface area contributed by atoms with Crippen molar-refractivity contribution in [1.29, 1.82) is 0 Å². The molecule has 2 aromatic rings. The SMILES string of the molecule is O=S(=O)(Nc1ccnc(Cl)n1)c1c(F)cc(F)cc1F. The third-order valence-corrected chi connectivity index (χ3v) is 3.68. The third-order valence-electron chi connectivity index (χ3n) is 2.10. The van der Waals surface area contributed by atoms with Crippen LogP contribution in [0.3, 0.4) is 0 Å². The van der Waals surface area contributed by atoms with Crippen molar-refractivity contribution in [2.45, 2.75) is 4.90 Å². The summed E-state index contributed by atoms with van der Waals surface area (Å²) in [4.78, 5) is 5.71. The first-order valence-corrected chi connectivity index (χ1v) is 6.81. The second-order valence-corrected chi connectivity index (χ2v) is 5.47. The molecule has 106 valence electrons. The van der Waals surface area contributed by atoms with E-state index < -0.39 is 32.4 Å². The minimum absolute atomic E-state index is 0.255. The Morgan fingerprint density at radius 3 is 2.30 bits per heavy atom. The van der Waals surface area contributed by atoms with Crippen molar-refractivity contribution in [2.24, 2.45) is 0 Å². The van der Waals surface area contributed by atoms with Crippen LogP contribution in [0.4, 0.5) is 19.0 Å². The number of hydrogen-bond donors (Lipinski definition) is 1. The van der Waals surface area contributed by atoms with E-state index in [4.69, 9.17) is 11.6 Å². The maximum absolute atomic E-state index is 13.4. The molecule has 0 saturated heterocycles. The molecular weight excluding hydrogens is 319 g/mol. The van der Waals surface area contributed by atoms with Crippen LogP contribution in [0, 0.1) is 17.5 Å². The van der Waals surface area contributed by atoms with Gasteiger partial charge in [0.2, 0.25) is 5.28 Å². The van der Waals surface area contributed by atoms with Gasteiger partial charge >= 0.3 is 0 Å². The standard InChI is InChI=1S/C10H5ClF3N3O2S/c11-10-15-2-1-8(16-10)17-20(18,19)9-6(13)3-5(12)4-7(9)14/h1-4H,(H,15,16,17). The number of hydrogen-bond acceptors (Lipinski definition) is 4. The maximum atomic E-state index is 13.4. The number of anilines is 1. The molecule has 1 heterocycles. The number of nitrogens with zero attached hydrogens (tertiary/aromatic N) is 2. The minimum atomic E-state index is -4.62. The number of halogens is 4. The van der Waals surface area contributed by atoms with Gasteiger partial charge < -0.3 is 0 Å². The van der Waals surface area contributed by atoms with Gasteiger partial charge in [-0.2, -0.15) is 4.98 Å². The fourth-order valence-corrected chi connectivity index (χ4v) is 2.64. The van der Waals surface area contributed by atoms with Crippen LogP contribution in [0.25, 0.3) is 0 Å². The van der Waals surface area contributed by atoms with E-state index in [1.165, 1.54) is 0 Å². The summed E-state index contributed by atoms with van der Waals surface area (Å²) in [6.45, 7) is 0. The van der Waals surface area contributed by atoms with Gasteiger partial charge in [0.25, 0.3) is 10.0 Å². The zero-order chi connectivity index (χ0) is 14.9. The van der Waals surface area contributed by atoms with Gasteiger partial charge in [0, 0.05) is 18.3 Å². The van der Waals surface area contributed by atoms with Crippen LogP contribution in [-0.4, -0.2) is 18.4 Å². The van der Waals surface area contributed by atoms with E-state index in [-0.39, 0.29) is 23.2 Å². The first-order chi connectivity index (χ1) is 9.29. The number of rotatable bonds is 3. The third kappa shape index (κ3) is 2.99. The first kappa shape index (κ1) is 14.5. The van der Waals surface area contributed by atoms with Crippen LogP contribution in [0.2, 0.25) is 5.28 Å². The van der Waals surface area contributed by atoms with E-state index >= 15 is 0 Å². The summed E-state index contributed by atoms with van der Waals surface area (Å²) in [5.41, 5.74) is 0. The van der Waals surface area contributed by atoms with Gasteiger partial charge in [-0.15, -0.1) is 0 Å². The smallest absolute Gasteiger partial charge is 0.263 e. The highest BCUT2D eigenvalue weighted by molar-refractivity contribution is 7.92. The summed E-state index contributed by atoms with van der Waals surface area (Å²) < 4.78 is 65.1. The van der Waals surface area contributed by atoms with Crippen LogP contribution >= 0.6 is 11.6 Å². The second kappa shape index (κ2) is 5.25. The largest absolute Gasteiger partial charge is 0.268 e. The van der Waals surface area contributed by atoms with Crippen LogP contribution < -0.4 is 4.72 Å². The number of aromatic nitrogens is 2. The molecule has 1 N–H and O–H groups in total. The fraction of sp³-hybridized carbons (Fsp3) is 0. The monoisotopic (exact) mass is 323 g/mol. The molecule has 0 unspecified atom stereocenters. The molecule has 0 fully saturated rings. The minimum Gasteiger partial charge on any atom is -0.263 e. The average molecular weight is 324 g/mol. The van der Waals surface area contributed by atoms with E-state index in [1.54, 1.807) is 0 Å². The molecule has 1 aromatic carbocycles. The topological polar surface area (TPSA) is 72.0 Å². The van der Waals surface area contributed by atoms with Gasteiger partial charge in [-0.25, -0.2) is 26.6 Å². The van der Waals surface area contributed by atoms with E-state index in [2.05, 4.69) is 9.97 Å². The molecule has 1 aromatic heterocycles. The van der Waals surface area contributed by atoms with Crippen LogP contribution in [-0.2, 0) is 10.0 Å². The van der Waals surface area contributed by atoms with Gasteiger partial charge in [0.15, 0.2) is 4.90 Å². The van der Waals surface area contributed by atoms with Crippen molar-refractivity contribution in [2.75, 3.05) is 4.72 Å². The number of sulfonamides is 1. The Hall–Kier alpha value is -1.87. The van der Waals surface area contributed by atoms with Crippen molar-refractivity contribution >= 4 is 27.4 Å². The molecule has 0 atom stereocenters. The Morgan fingerprint density at radius 1 is 1.15 bits per heavy atom. The van der Waals surface area contributed by atoms with Crippen LogP contribution in [0.1, 0.15) is 0 Å². The molecular formula is C10H5ClF3N3O2S. The Bertz CT molecular complexity index is 747. The predicted octanol–water partition coefficient (Wildman–Crippen LogP) is 2.35. The molecule has 20 heavy (non-hydrogen) atoms.